The summed E-state index contributed by atoms with van der Waals surface area (Å²) >= 11 is 0. The second kappa shape index (κ2) is 6.86. The average molecular weight is 185 g/mol. The van der Waals surface area contributed by atoms with Gasteiger partial charge in [-0.15, -0.1) is 6.58 Å². The first-order chi connectivity index (χ1) is 5.34. The van der Waals surface area contributed by atoms with E-state index in [0.29, 0.717) is 0 Å². The van der Waals surface area contributed by atoms with E-state index in [2.05, 4.69) is 18.7 Å². The van der Waals surface area contributed by atoms with Crippen molar-refractivity contribution < 1.29 is 51.4 Å². The van der Waals surface area contributed by atoms with Gasteiger partial charge in [0.1, 0.15) is 0 Å². The van der Waals surface area contributed by atoms with Gasteiger partial charge in [-0.25, -0.2) is 0 Å². The number of benzene rings is 1. The third-order valence-corrected chi connectivity index (χ3v) is 1.49. The van der Waals surface area contributed by atoms with Gasteiger partial charge in [-0.2, -0.15) is 0 Å². The smallest absolute Gasteiger partial charge is 0.366 e. The maximum absolute atomic E-state index is 3.63. The van der Waals surface area contributed by atoms with Crippen LogP contribution in [0.15, 0.2) is 43.0 Å². The van der Waals surface area contributed by atoms with Crippen LogP contribution in [0.1, 0.15) is 0 Å². The normalized spacial score (nSPS) is 8.42. The molecule has 0 aliphatic heterocycles. The van der Waals surface area contributed by atoms with Crippen molar-refractivity contribution in [3.8, 4) is 0 Å². The zero-order valence-corrected chi connectivity index (χ0v) is 10.8. The van der Waals surface area contributed by atoms with Gasteiger partial charge >= 0.3 is 51.4 Å². The van der Waals surface area contributed by atoms with Crippen LogP contribution in [0.2, 0.25) is 0 Å². The van der Waals surface area contributed by atoms with Crippen molar-refractivity contribution in [2.75, 3.05) is 11.9 Å². The summed E-state index contributed by atoms with van der Waals surface area (Å²) in [5, 5.41) is 0. The van der Waals surface area contributed by atoms with Gasteiger partial charge in [0.25, 0.3) is 0 Å². The molecule has 0 saturated heterocycles. The summed E-state index contributed by atoms with van der Waals surface area (Å²) in [4.78, 5) is 2.02. The molecular formula is C10H12KN+. The number of hydrogen-bond donors (Lipinski definition) is 0. The van der Waals surface area contributed by atoms with Crippen LogP contribution in [-0.2, 0) is 0 Å². The van der Waals surface area contributed by atoms with Crippen molar-refractivity contribution in [3.63, 3.8) is 0 Å². The number of likely N-dealkylation sites (N-methyl/N-ethyl adjacent to an activating group) is 1. The van der Waals surface area contributed by atoms with Crippen molar-refractivity contribution in [3.05, 3.63) is 49.5 Å². The summed E-state index contributed by atoms with van der Waals surface area (Å²) in [5.74, 6) is 0. The molecule has 0 atom stereocenters. The molecule has 0 aliphatic carbocycles. The maximum Gasteiger partial charge on any atom is 1.00 e. The molecule has 1 rings (SSSR count). The van der Waals surface area contributed by atoms with Crippen LogP contribution in [-0.4, -0.2) is 7.05 Å². The van der Waals surface area contributed by atoms with E-state index in [4.69, 9.17) is 0 Å². The number of rotatable bonds is 3. The Labute approximate surface area is 117 Å². The van der Waals surface area contributed by atoms with Gasteiger partial charge in [-0.3, -0.25) is 0 Å². The van der Waals surface area contributed by atoms with E-state index >= 15 is 0 Å². The van der Waals surface area contributed by atoms with Gasteiger partial charge < -0.3 is 4.90 Å². The molecule has 0 spiro atoms. The van der Waals surface area contributed by atoms with Crippen LogP contribution in [0, 0.1) is 6.54 Å². The molecule has 0 N–H and O–H groups in total. The largest absolute Gasteiger partial charge is 1.00 e. The van der Waals surface area contributed by atoms with E-state index in [0.717, 1.165) is 0 Å². The average Bonchev–Trinajstić information content (AvgIpc) is 2.07. The van der Waals surface area contributed by atoms with Crippen LogP contribution in [0.25, 0.3) is 0 Å². The first-order valence-electron chi connectivity index (χ1n) is 3.58. The Morgan fingerprint density at radius 3 is 2.33 bits per heavy atom. The minimum atomic E-state index is 0. The van der Waals surface area contributed by atoms with Crippen molar-refractivity contribution in [1.82, 2.24) is 0 Å². The quantitative estimate of drug-likeness (QED) is 0.573. The minimum absolute atomic E-state index is 0. The third-order valence-electron chi connectivity index (χ3n) is 1.49. The van der Waals surface area contributed by atoms with E-state index < -0.39 is 0 Å². The summed E-state index contributed by atoms with van der Waals surface area (Å²) < 4.78 is 0. The molecular weight excluding hydrogens is 173 g/mol. The van der Waals surface area contributed by atoms with Crippen molar-refractivity contribution in [2.45, 2.75) is 0 Å². The molecule has 0 aliphatic rings. The Morgan fingerprint density at radius 2 is 1.83 bits per heavy atom. The molecule has 1 radical (unpaired) electrons. The van der Waals surface area contributed by atoms with Gasteiger partial charge in [0.2, 0.25) is 0 Å². The van der Waals surface area contributed by atoms with Crippen LogP contribution in [0.4, 0.5) is 5.69 Å². The molecule has 0 bridgehead atoms. The summed E-state index contributed by atoms with van der Waals surface area (Å²) in [6.07, 6.45) is 1.77. The first kappa shape index (κ1) is 12.4. The van der Waals surface area contributed by atoms with E-state index in [-0.39, 0.29) is 51.4 Å². The van der Waals surface area contributed by atoms with Crippen molar-refractivity contribution in [1.29, 1.82) is 0 Å². The SMILES string of the molecule is C=C[CH]N(C)c1ccccc1.[K+]. The Morgan fingerprint density at radius 1 is 1.25 bits per heavy atom. The molecule has 0 heterocycles. The predicted octanol–water partition coefficient (Wildman–Crippen LogP) is -0.525. The van der Waals surface area contributed by atoms with Crippen molar-refractivity contribution in [2.24, 2.45) is 0 Å². The number of hydrogen-bond acceptors (Lipinski definition) is 1. The fourth-order valence-electron chi connectivity index (χ4n) is 0.907. The molecule has 12 heavy (non-hydrogen) atoms. The van der Waals surface area contributed by atoms with Crippen LogP contribution in [0.3, 0.4) is 0 Å². The molecule has 0 aromatic heterocycles. The summed E-state index contributed by atoms with van der Waals surface area (Å²) in [6, 6.07) is 10.1. The molecule has 1 nitrogen and oxygen atoms in total. The van der Waals surface area contributed by atoms with E-state index in [1.807, 2.05) is 36.7 Å². The summed E-state index contributed by atoms with van der Waals surface area (Å²) in [6.45, 7) is 5.55. The number of anilines is 1. The molecule has 0 amide bonds. The molecule has 0 saturated carbocycles. The number of nitrogens with zero attached hydrogens (tertiary/aromatic N) is 1. The fourth-order valence-corrected chi connectivity index (χ4v) is 0.907. The molecule has 1 aromatic carbocycles. The van der Waals surface area contributed by atoms with Crippen molar-refractivity contribution >= 4 is 5.69 Å². The first-order valence-corrected chi connectivity index (χ1v) is 3.58. The predicted molar refractivity (Wildman–Crippen MR) is 49.3 cm³/mol. The zero-order valence-electron chi connectivity index (χ0n) is 7.70. The second-order valence-corrected chi connectivity index (χ2v) is 2.33. The second-order valence-electron chi connectivity index (χ2n) is 2.33. The third kappa shape index (κ3) is 3.87. The van der Waals surface area contributed by atoms with Crippen LogP contribution < -0.4 is 56.3 Å². The molecule has 1 aromatic rings. The van der Waals surface area contributed by atoms with Crippen LogP contribution in [0.5, 0.6) is 0 Å². The van der Waals surface area contributed by atoms with Crippen LogP contribution >= 0.6 is 0 Å². The minimum Gasteiger partial charge on any atom is -0.366 e. The van der Waals surface area contributed by atoms with Gasteiger partial charge in [0.15, 0.2) is 0 Å². The molecule has 2 heteroatoms. The molecule has 0 fully saturated rings. The summed E-state index contributed by atoms with van der Waals surface area (Å²) in [5.41, 5.74) is 1.17. The Balaban J connectivity index is 0.00000121. The summed E-state index contributed by atoms with van der Waals surface area (Å²) in [7, 11) is 2.00. The Hall–Kier alpha value is 0.396. The van der Waals surface area contributed by atoms with E-state index in [9.17, 15) is 0 Å². The Kier molecular flexibility index (Phi) is 7.09. The monoisotopic (exact) mass is 185 g/mol. The fraction of sp³-hybridized carbons (Fsp3) is 0.100. The molecule has 57 valence electrons. The van der Waals surface area contributed by atoms with Gasteiger partial charge in [-0.1, -0.05) is 24.3 Å². The Bertz CT molecular complexity index is 221. The topological polar surface area (TPSA) is 3.24 Å². The van der Waals surface area contributed by atoms with Gasteiger partial charge in [0.05, 0.1) is 6.54 Å². The van der Waals surface area contributed by atoms with Gasteiger partial charge in [-0.05, 0) is 12.1 Å². The zero-order chi connectivity index (χ0) is 8.10. The molecule has 0 unspecified atom stereocenters. The van der Waals surface area contributed by atoms with E-state index in [1.165, 1.54) is 5.69 Å². The van der Waals surface area contributed by atoms with Gasteiger partial charge in [0, 0.05) is 12.7 Å². The standard InChI is InChI=1S/C10H12N.K/c1-3-9-11(2)10-7-5-4-6-8-10;/h3-9H,1H2,2H3;/q;+1. The van der Waals surface area contributed by atoms with E-state index in [1.54, 1.807) is 6.08 Å². The number of para-hydroxylation sites is 1. The maximum atomic E-state index is 3.63.